The molecule has 20 heavy (non-hydrogen) atoms. The lowest BCUT2D eigenvalue weighted by atomic mass is 9.71. The second-order valence-corrected chi connectivity index (χ2v) is 5.45. The van der Waals surface area contributed by atoms with Gasteiger partial charge in [0.2, 0.25) is 5.91 Å². The van der Waals surface area contributed by atoms with E-state index in [0.29, 0.717) is 19.3 Å². The van der Waals surface area contributed by atoms with Crippen LogP contribution in [-0.2, 0) is 15.1 Å². The Hall–Kier alpha value is -1.84. The third-order valence-electron chi connectivity index (χ3n) is 3.96. The number of hydrogen-bond donors (Lipinski definition) is 2. The molecule has 108 valence electrons. The third kappa shape index (κ3) is 3.59. The van der Waals surface area contributed by atoms with Gasteiger partial charge in [0.25, 0.3) is 0 Å². The Morgan fingerprint density at radius 3 is 2.30 bits per heavy atom. The summed E-state index contributed by atoms with van der Waals surface area (Å²) in [5, 5.41) is 11.7. The van der Waals surface area contributed by atoms with E-state index in [1.807, 2.05) is 18.2 Å². The lowest BCUT2D eigenvalue weighted by Gasteiger charge is -2.43. The normalized spacial score (nSPS) is 16.2. The molecule has 0 saturated heterocycles. The van der Waals surface area contributed by atoms with Crippen LogP contribution in [0.5, 0.6) is 0 Å². The summed E-state index contributed by atoms with van der Waals surface area (Å²) < 4.78 is 0. The van der Waals surface area contributed by atoms with Gasteiger partial charge < -0.3 is 10.4 Å². The first-order valence-electron chi connectivity index (χ1n) is 7.21. The molecule has 1 aliphatic carbocycles. The number of unbranched alkanes of at least 4 members (excludes halogenated alkanes) is 1. The molecule has 0 aromatic heterocycles. The van der Waals surface area contributed by atoms with Crippen molar-refractivity contribution >= 4 is 11.9 Å². The smallest absolute Gasteiger partial charge is 0.303 e. The average Bonchev–Trinajstić information content (AvgIpc) is 2.40. The fourth-order valence-corrected chi connectivity index (χ4v) is 2.66. The maximum atomic E-state index is 12.0. The standard InChI is InChI=1S/C16H21NO3/c18-14(9-4-5-10-15(19)20)17-16(11-6-12-16)13-7-2-1-3-8-13/h1-3,7-8H,4-6,9-12H2,(H,17,18)(H,19,20). The van der Waals surface area contributed by atoms with Crippen LogP contribution in [0.2, 0.25) is 0 Å². The van der Waals surface area contributed by atoms with Crippen molar-refractivity contribution in [3.63, 3.8) is 0 Å². The SMILES string of the molecule is O=C(O)CCCCC(=O)NC1(c2ccccc2)CCC1. The molecule has 0 heterocycles. The lowest BCUT2D eigenvalue weighted by Crippen LogP contribution is -2.50. The highest BCUT2D eigenvalue weighted by atomic mass is 16.4. The largest absolute Gasteiger partial charge is 0.481 e. The molecule has 1 amide bonds. The zero-order chi connectivity index (χ0) is 14.4. The molecule has 1 saturated carbocycles. The summed E-state index contributed by atoms with van der Waals surface area (Å²) in [7, 11) is 0. The molecule has 2 rings (SSSR count). The van der Waals surface area contributed by atoms with Crippen LogP contribution in [0.4, 0.5) is 0 Å². The minimum Gasteiger partial charge on any atom is -0.481 e. The van der Waals surface area contributed by atoms with Crippen LogP contribution in [0.1, 0.15) is 50.5 Å². The van der Waals surface area contributed by atoms with Crippen LogP contribution in [0.3, 0.4) is 0 Å². The number of benzene rings is 1. The van der Waals surface area contributed by atoms with Gasteiger partial charge in [-0.15, -0.1) is 0 Å². The maximum Gasteiger partial charge on any atom is 0.303 e. The summed E-state index contributed by atoms with van der Waals surface area (Å²) in [6, 6.07) is 10.1. The van der Waals surface area contributed by atoms with Crippen LogP contribution in [0, 0.1) is 0 Å². The van der Waals surface area contributed by atoms with Crippen molar-refractivity contribution in [3.8, 4) is 0 Å². The first-order chi connectivity index (χ1) is 9.62. The summed E-state index contributed by atoms with van der Waals surface area (Å²) in [5.41, 5.74) is 0.982. The van der Waals surface area contributed by atoms with Crippen LogP contribution >= 0.6 is 0 Å². The zero-order valence-electron chi connectivity index (χ0n) is 11.6. The fourth-order valence-electron chi connectivity index (χ4n) is 2.66. The van der Waals surface area contributed by atoms with E-state index in [0.717, 1.165) is 19.3 Å². The molecular formula is C16H21NO3. The number of amides is 1. The molecule has 1 aromatic carbocycles. The second kappa shape index (κ2) is 6.55. The van der Waals surface area contributed by atoms with Crippen LogP contribution in [-0.4, -0.2) is 17.0 Å². The number of carbonyl (C=O) groups is 2. The number of carboxylic acid groups (broad SMARTS) is 1. The first kappa shape index (κ1) is 14.6. The van der Waals surface area contributed by atoms with Gasteiger partial charge in [0.1, 0.15) is 0 Å². The van der Waals surface area contributed by atoms with E-state index in [9.17, 15) is 9.59 Å². The lowest BCUT2D eigenvalue weighted by molar-refractivity contribution is -0.137. The van der Waals surface area contributed by atoms with E-state index < -0.39 is 5.97 Å². The van der Waals surface area contributed by atoms with Crippen molar-refractivity contribution in [3.05, 3.63) is 35.9 Å². The van der Waals surface area contributed by atoms with Crippen molar-refractivity contribution in [2.24, 2.45) is 0 Å². The molecule has 0 spiro atoms. The molecule has 4 nitrogen and oxygen atoms in total. The van der Waals surface area contributed by atoms with Crippen LogP contribution in [0.15, 0.2) is 30.3 Å². The van der Waals surface area contributed by atoms with Crippen molar-refractivity contribution in [2.45, 2.75) is 50.5 Å². The van der Waals surface area contributed by atoms with Gasteiger partial charge in [-0.25, -0.2) is 0 Å². The Morgan fingerprint density at radius 1 is 1.10 bits per heavy atom. The predicted molar refractivity (Wildman–Crippen MR) is 76.2 cm³/mol. The van der Waals surface area contributed by atoms with E-state index in [1.54, 1.807) is 0 Å². The molecule has 0 unspecified atom stereocenters. The maximum absolute atomic E-state index is 12.0. The van der Waals surface area contributed by atoms with Crippen molar-refractivity contribution in [2.75, 3.05) is 0 Å². The van der Waals surface area contributed by atoms with E-state index in [2.05, 4.69) is 17.4 Å². The average molecular weight is 275 g/mol. The number of carboxylic acids is 1. The third-order valence-corrected chi connectivity index (χ3v) is 3.96. The minimum absolute atomic E-state index is 0.0268. The Bertz CT molecular complexity index is 466. The number of aliphatic carboxylic acids is 1. The van der Waals surface area contributed by atoms with Crippen LogP contribution in [0.25, 0.3) is 0 Å². The molecule has 0 aliphatic heterocycles. The molecule has 0 atom stereocenters. The fraction of sp³-hybridized carbons (Fsp3) is 0.500. The number of nitrogens with one attached hydrogen (secondary N) is 1. The Balaban J connectivity index is 1.84. The van der Waals surface area contributed by atoms with Gasteiger partial charge in [-0.3, -0.25) is 9.59 Å². The topological polar surface area (TPSA) is 66.4 Å². The summed E-state index contributed by atoms with van der Waals surface area (Å²) in [6.45, 7) is 0. The van der Waals surface area contributed by atoms with Gasteiger partial charge in [0, 0.05) is 12.8 Å². The highest BCUT2D eigenvalue weighted by Crippen LogP contribution is 2.41. The number of hydrogen-bond acceptors (Lipinski definition) is 2. The quantitative estimate of drug-likeness (QED) is 0.752. The molecule has 2 N–H and O–H groups in total. The molecule has 1 fully saturated rings. The highest BCUT2D eigenvalue weighted by molar-refractivity contribution is 5.77. The second-order valence-electron chi connectivity index (χ2n) is 5.45. The van der Waals surface area contributed by atoms with Gasteiger partial charge in [0.05, 0.1) is 5.54 Å². The van der Waals surface area contributed by atoms with Crippen molar-refractivity contribution < 1.29 is 14.7 Å². The summed E-state index contributed by atoms with van der Waals surface area (Å²) >= 11 is 0. The Kier molecular flexibility index (Phi) is 4.77. The summed E-state index contributed by atoms with van der Waals surface area (Å²) in [6.07, 6.45) is 4.83. The molecular weight excluding hydrogens is 254 g/mol. The van der Waals surface area contributed by atoms with Gasteiger partial charge >= 0.3 is 5.97 Å². The summed E-state index contributed by atoms with van der Waals surface area (Å²) in [5.74, 6) is -0.774. The van der Waals surface area contributed by atoms with E-state index in [4.69, 9.17) is 5.11 Å². The molecule has 1 aromatic rings. The molecule has 4 heteroatoms. The monoisotopic (exact) mass is 275 g/mol. The Morgan fingerprint density at radius 2 is 1.75 bits per heavy atom. The van der Waals surface area contributed by atoms with Crippen molar-refractivity contribution in [1.29, 1.82) is 0 Å². The number of rotatable bonds is 7. The van der Waals surface area contributed by atoms with Gasteiger partial charge in [-0.2, -0.15) is 0 Å². The number of carbonyl (C=O) groups excluding carboxylic acids is 1. The first-order valence-corrected chi connectivity index (χ1v) is 7.21. The predicted octanol–water partition coefficient (Wildman–Crippen LogP) is 2.83. The highest BCUT2D eigenvalue weighted by Gasteiger charge is 2.39. The van der Waals surface area contributed by atoms with Gasteiger partial charge in [-0.1, -0.05) is 30.3 Å². The van der Waals surface area contributed by atoms with Gasteiger partial charge in [0.15, 0.2) is 0 Å². The molecule has 0 bridgehead atoms. The van der Waals surface area contributed by atoms with E-state index >= 15 is 0 Å². The van der Waals surface area contributed by atoms with Gasteiger partial charge in [-0.05, 0) is 37.7 Å². The van der Waals surface area contributed by atoms with Crippen LogP contribution < -0.4 is 5.32 Å². The minimum atomic E-state index is -0.801. The van der Waals surface area contributed by atoms with Crippen molar-refractivity contribution in [1.82, 2.24) is 5.32 Å². The Labute approximate surface area is 119 Å². The van der Waals surface area contributed by atoms with E-state index in [1.165, 1.54) is 5.56 Å². The zero-order valence-corrected chi connectivity index (χ0v) is 11.6. The molecule has 1 aliphatic rings. The van der Waals surface area contributed by atoms with E-state index in [-0.39, 0.29) is 17.9 Å². The summed E-state index contributed by atoms with van der Waals surface area (Å²) in [4.78, 5) is 22.4. The molecule has 0 radical (unpaired) electrons.